The number of thiazole rings is 1. The number of halogens is 3. The van der Waals surface area contributed by atoms with E-state index in [9.17, 15) is 22.8 Å². The van der Waals surface area contributed by atoms with Crippen LogP contribution in [0.15, 0.2) is 126 Å². The van der Waals surface area contributed by atoms with E-state index in [-0.39, 0.29) is 18.7 Å². The van der Waals surface area contributed by atoms with Gasteiger partial charge in [0.1, 0.15) is 0 Å². The average molecular weight is 694 g/mol. The minimum Gasteiger partial charge on any atom is -0.462 e. The molecule has 0 atom stereocenters. The highest BCUT2D eigenvalue weighted by molar-refractivity contribution is 7.13. The third-order valence-corrected chi connectivity index (χ3v) is 8.32. The standard InChI is InChI=1S/C38H30F3N5O3S/c1-2-49-36(48)27-16-18-32(19-17-27)46-33(25-10-5-3-6-11-25)20-28(35(46)26-12-7-4-8-13-26)23-42-45-34(47)22-31-24-50-37(44-31)43-30-15-9-14-29(21-30)38(39,40)41/h3-21,23-24H,2,22H2,1H3,(H,43,44)(H,45,47)/b42-23-. The normalized spacial score (nSPS) is 11.4. The van der Waals surface area contributed by atoms with Crippen LogP contribution in [0.2, 0.25) is 0 Å². The number of hydrogen-bond acceptors (Lipinski definition) is 7. The van der Waals surface area contributed by atoms with Gasteiger partial charge in [0, 0.05) is 22.3 Å². The minimum absolute atomic E-state index is 0.0905. The summed E-state index contributed by atoms with van der Waals surface area (Å²) in [5, 5.41) is 9.16. The maximum Gasteiger partial charge on any atom is 0.416 e. The minimum atomic E-state index is -4.46. The average Bonchev–Trinajstić information content (AvgIpc) is 3.73. The number of hydrazone groups is 1. The van der Waals surface area contributed by atoms with Gasteiger partial charge in [-0.05, 0) is 66.6 Å². The quantitative estimate of drug-likeness (QED) is 0.0803. The molecule has 6 aromatic rings. The number of anilines is 2. The molecule has 1 amide bonds. The maximum absolute atomic E-state index is 13.1. The van der Waals surface area contributed by atoms with Crippen LogP contribution in [-0.2, 0) is 22.1 Å². The first kappa shape index (κ1) is 33.9. The van der Waals surface area contributed by atoms with Crippen LogP contribution in [0.25, 0.3) is 28.2 Å². The molecular weight excluding hydrogens is 664 g/mol. The van der Waals surface area contributed by atoms with E-state index >= 15 is 0 Å². The van der Waals surface area contributed by atoms with Crippen molar-refractivity contribution in [3.8, 4) is 28.2 Å². The molecule has 252 valence electrons. The summed E-state index contributed by atoms with van der Waals surface area (Å²) in [4.78, 5) is 29.6. The molecule has 0 aliphatic rings. The van der Waals surface area contributed by atoms with Crippen LogP contribution < -0.4 is 10.7 Å². The molecule has 12 heteroatoms. The van der Waals surface area contributed by atoms with Crippen LogP contribution in [0.5, 0.6) is 0 Å². The van der Waals surface area contributed by atoms with Gasteiger partial charge in [0.25, 0.3) is 0 Å². The first-order chi connectivity index (χ1) is 24.2. The molecule has 0 saturated carbocycles. The summed E-state index contributed by atoms with van der Waals surface area (Å²) >= 11 is 1.17. The van der Waals surface area contributed by atoms with Gasteiger partial charge < -0.3 is 14.6 Å². The molecule has 0 unspecified atom stereocenters. The fraction of sp³-hybridized carbons (Fsp3) is 0.105. The fourth-order valence-electron chi connectivity index (χ4n) is 5.29. The van der Waals surface area contributed by atoms with E-state index in [1.807, 2.05) is 78.9 Å². The lowest BCUT2D eigenvalue weighted by Gasteiger charge is -2.15. The van der Waals surface area contributed by atoms with Crippen molar-refractivity contribution in [2.75, 3.05) is 11.9 Å². The van der Waals surface area contributed by atoms with Gasteiger partial charge in [0.2, 0.25) is 5.91 Å². The first-order valence-electron chi connectivity index (χ1n) is 15.5. The van der Waals surface area contributed by atoms with Gasteiger partial charge in [-0.25, -0.2) is 15.2 Å². The molecule has 6 rings (SSSR count). The highest BCUT2D eigenvalue weighted by Crippen LogP contribution is 2.36. The second kappa shape index (κ2) is 15.0. The summed E-state index contributed by atoms with van der Waals surface area (Å²) in [6, 6.07) is 33.6. The van der Waals surface area contributed by atoms with Crippen LogP contribution in [0.3, 0.4) is 0 Å². The lowest BCUT2D eigenvalue weighted by molar-refractivity contribution is -0.137. The van der Waals surface area contributed by atoms with Gasteiger partial charge >= 0.3 is 12.1 Å². The molecule has 8 nitrogen and oxygen atoms in total. The van der Waals surface area contributed by atoms with Gasteiger partial charge in [-0.3, -0.25) is 4.79 Å². The van der Waals surface area contributed by atoms with Crippen molar-refractivity contribution < 1.29 is 27.5 Å². The lowest BCUT2D eigenvalue weighted by atomic mass is 10.1. The van der Waals surface area contributed by atoms with Crippen LogP contribution in [0.1, 0.15) is 34.1 Å². The highest BCUT2D eigenvalue weighted by atomic mass is 32.1. The van der Waals surface area contributed by atoms with E-state index in [0.29, 0.717) is 16.4 Å². The number of carbonyl (C=O) groups excluding carboxylic acids is 2. The third kappa shape index (κ3) is 7.99. The zero-order valence-electron chi connectivity index (χ0n) is 26.6. The van der Waals surface area contributed by atoms with Crippen LogP contribution in [0, 0.1) is 0 Å². The summed E-state index contributed by atoms with van der Waals surface area (Å²) in [5.74, 6) is -0.821. The molecule has 0 aliphatic carbocycles. The molecule has 0 radical (unpaired) electrons. The SMILES string of the molecule is CCOC(=O)c1ccc(-n2c(-c3ccccc3)cc(/C=N\NC(=O)Cc3csc(Nc4cccc(C(F)(F)F)c4)n3)c2-c2ccccc2)cc1. The van der Waals surface area contributed by atoms with Crippen molar-refractivity contribution in [2.45, 2.75) is 19.5 Å². The van der Waals surface area contributed by atoms with E-state index in [2.05, 4.69) is 25.4 Å². The van der Waals surface area contributed by atoms with Crippen molar-refractivity contribution in [2.24, 2.45) is 5.10 Å². The zero-order valence-corrected chi connectivity index (χ0v) is 27.5. The number of esters is 1. The molecule has 4 aromatic carbocycles. The number of hydrogen-bond donors (Lipinski definition) is 2. The number of amides is 1. The Bertz CT molecular complexity index is 2130. The molecule has 0 aliphatic heterocycles. The van der Waals surface area contributed by atoms with E-state index < -0.39 is 23.6 Å². The number of ether oxygens (including phenoxy) is 1. The Morgan fingerprint density at radius 3 is 2.28 bits per heavy atom. The third-order valence-electron chi connectivity index (χ3n) is 7.51. The summed E-state index contributed by atoms with van der Waals surface area (Å²) in [6.45, 7) is 2.04. The van der Waals surface area contributed by atoms with E-state index in [4.69, 9.17) is 4.74 Å². The maximum atomic E-state index is 13.1. The van der Waals surface area contributed by atoms with Gasteiger partial charge in [0.15, 0.2) is 5.13 Å². The number of nitrogens with zero attached hydrogens (tertiary/aromatic N) is 3. The highest BCUT2D eigenvalue weighted by Gasteiger charge is 2.30. The van der Waals surface area contributed by atoms with Crippen molar-refractivity contribution in [1.82, 2.24) is 15.0 Å². The number of aromatic nitrogens is 2. The Morgan fingerprint density at radius 2 is 1.60 bits per heavy atom. The molecule has 0 fully saturated rings. The lowest BCUT2D eigenvalue weighted by Crippen LogP contribution is -2.20. The van der Waals surface area contributed by atoms with E-state index in [1.165, 1.54) is 23.5 Å². The summed E-state index contributed by atoms with van der Waals surface area (Å²) in [6.07, 6.45) is -2.97. The van der Waals surface area contributed by atoms with Gasteiger partial charge in [-0.15, -0.1) is 11.3 Å². The van der Waals surface area contributed by atoms with E-state index in [0.717, 1.165) is 45.9 Å². The smallest absolute Gasteiger partial charge is 0.416 e. The molecule has 0 spiro atoms. The van der Waals surface area contributed by atoms with Crippen molar-refractivity contribution in [3.05, 3.63) is 143 Å². The van der Waals surface area contributed by atoms with Crippen LogP contribution in [0.4, 0.5) is 24.0 Å². The van der Waals surface area contributed by atoms with Crippen molar-refractivity contribution in [3.63, 3.8) is 0 Å². The summed E-state index contributed by atoms with van der Waals surface area (Å²) in [5.41, 5.74) is 7.97. The van der Waals surface area contributed by atoms with Crippen LogP contribution >= 0.6 is 11.3 Å². The van der Waals surface area contributed by atoms with Crippen molar-refractivity contribution >= 4 is 40.2 Å². The second-order valence-corrected chi connectivity index (χ2v) is 11.8. The molecule has 0 saturated heterocycles. The molecular formula is C38H30F3N5O3S. The molecule has 2 N–H and O–H groups in total. The summed E-state index contributed by atoms with van der Waals surface area (Å²) in [7, 11) is 0. The summed E-state index contributed by atoms with van der Waals surface area (Å²) < 4.78 is 46.5. The second-order valence-electron chi connectivity index (χ2n) is 11.0. The Labute approximate surface area is 289 Å². The predicted octanol–water partition coefficient (Wildman–Crippen LogP) is 8.90. The van der Waals surface area contributed by atoms with Gasteiger partial charge in [-0.1, -0.05) is 66.7 Å². The van der Waals surface area contributed by atoms with E-state index in [1.54, 1.807) is 30.7 Å². The molecule has 0 bridgehead atoms. The van der Waals surface area contributed by atoms with Crippen LogP contribution in [-0.4, -0.2) is 34.2 Å². The number of nitrogens with one attached hydrogen (secondary N) is 2. The topological polar surface area (TPSA) is 97.6 Å². The zero-order chi connectivity index (χ0) is 35.1. The molecule has 50 heavy (non-hydrogen) atoms. The number of carbonyl (C=O) groups is 2. The Balaban J connectivity index is 1.25. The predicted molar refractivity (Wildman–Crippen MR) is 189 cm³/mol. The Morgan fingerprint density at radius 1 is 0.900 bits per heavy atom. The number of benzene rings is 4. The Kier molecular flexibility index (Phi) is 10.2. The van der Waals surface area contributed by atoms with Gasteiger partial charge in [-0.2, -0.15) is 18.3 Å². The monoisotopic (exact) mass is 693 g/mol. The molecule has 2 heterocycles. The largest absolute Gasteiger partial charge is 0.462 e. The van der Waals surface area contributed by atoms with Gasteiger partial charge in [0.05, 0.1) is 47.5 Å². The fourth-order valence-corrected chi connectivity index (χ4v) is 6.02. The first-order valence-corrected chi connectivity index (χ1v) is 16.4. The molecule has 2 aromatic heterocycles. The number of rotatable bonds is 11. The number of alkyl halides is 3. The van der Waals surface area contributed by atoms with Crippen molar-refractivity contribution in [1.29, 1.82) is 0 Å². The Hall–Kier alpha value is -6.01.